The molecule has 1 atom stereocenters. The highest BCUT2D eigenvalue weighted by atomic mass is 16.3. The van der Waals surface area contributed by atoms with Crippen molar-refractivity contribution in [2.45, 2.75) is 18.9 Å². The minimum absolute atomic E-state index is 0.363. The molecule has 0 bridgehead atoms. The van der Waals surface area contributed by atoms with Crippen LogP contribution < -0.4 is 10.2 Å². The summed E-state index contributed by atoms with van der Waals surface area (Å²) in [5, 5.41) is 12.4. The fourth-order valence-corrected chi connectivity index (χ4v) is 2.41. The van der Waals surface area contributed by atoms with Crippen molar-refractivity contribution < 1.29 is 9.90 Å². The van der Waals surface area contributed by atoms with Crippen LogP contribution in [0.2, 0.25) is 0 Å². The Bertz CT molecular complexity index is 558. The van der Waals surface area contributed by atoms with Gasteiger partial charge in [-0.15, -0.1) is 6.42 Å². The number of aliphatic hydroxyl groups excluding tert-OH is 1. The summed E-state index contributed by atoms with van der Waals surface area (Å²) in [5.74, 6) is 3.05. The fraction of sp³-hybridized carbons (Fsp3) is 0.400. The number of carbonyl (C=O) groups excluding carboxylic acids is 1. The van der Waals surface area contributed by atoms with Crippen molar-refractivity contribution in [3.63, 3.8) is 0 Å². The summed E-state index contributed by atoms with van der Waals surface area (Å²) in [6.07, 6.45) is 6.90. The van der Waals surface area contributed by atoms with Crippen molar-refractivity contribution in [1.29, 1.82) is 0 Å². The van der Waals surface area contributed by atoms with Crippen LogP contribution in [0.5, 0.6) is 0 Å². The average Bonchev–Trinajstić information content (AvgIpc) is 3.16. The molecule has 1 unspecified atom stereocenters. The van der Waals surface area contributed by atoms with E-state index in [4.69, 9.17) is 6.42 Å². The lowest BCUT2D eigenvalue weighted by Crippen LogP contribution is -2.26. The van der Waals surface area contributed by atoms with Gasteiger partial charge >= 0.3 is 0 Å². The molecule has 0 saturated heterocycles. The topological polar surface area (TPSA) is 52.6 Å². The molecule has 19 heavy (non-hydrogen) atoms. The predicted octanol–water partition coefficient (Wildman–Crippen LogP) is 1.52. The number of terminal acetylenes is 1. The van der Waals surface area contributed by atoms with E-state index in [1.807, 2.05) is 12.1 Å². The maximum Gasteiger partial charge on any atom is 0.257 e. The number of nitrogens with one attached hydrogen (secondary N) is 1. The summed E-state index contributed by atoms with van der Waals surface area (Å²) in [6, 6.07) is 5.61. The molecule has 2 aliphatic rings. The molecule has 0 spiro atoms. The average molecular weight is 256 g/mol. The molecule has 1 fully saturated rings. The summed E-state index contributed by atoms with van der Waals surface area (Å²) in [5.41, 5.74) is 2.33. The normalized spacial score (nSPS) is 20.6. The zero-order chi connectivity index (χ0) is 13.4. The molecule has 1 heterocycles. The number of carbonyl (C=O) groups is 1. The molecule has 4 nitrogen and oxygen atoms in total. The van der Waals surface area contributed by atoms with Gasteiger partial charge in [-0.2, -0.15) is 0 Å². The molecular formula is C15H16N2O2. The van der Waals surface area contributed by atoms with Gasteiger partial charge in [0.05, 0.1) is 6.54 Å². The second-order valence-corrected chi connectivity index (χ2v) is 5.19. The minimum Gasteiger partial charge on any atom is -0.378 e. The Balaban J connectivity index is 1.86. The van der Waals surface area contributed by atoms with Crippen molar-refractivity contribution in [2.75, 3.05) is 23.3 Å². The fourth-order valence-electron chi connectivity index (χ4n) is 2.41. The van der Waals surface area contributed by atoms with Crippen molar-refractivity contribution in [3.05, 3.63) is 23.8 Å². The van der Waals surface area contributed by atoms with E-state index in [9.17, 15) is 9.90 Å². The highest BCUT2D eigenvalue weighted by Crippen LogP contribution is 2.36. The lowest BCUT2D eigenvalue weighted by atomic mass is 10.1. The Morgan fingerprint density at radius 1 is 1.47 bits per heavy atom. The Labute approximate surface area is 112 Å². The summed E-state index contributed by atoms with van der Waals surface area (Å²) in [4.78, 5) is 13.6. The second-order valence-electron chi connectivity index (χ2n) is 5.19. The number of benzene rings is 1. The lowest BCUT2D eigenvalue weighted by Gasteiger charge is -2.23. The second kappa shape index (κ2) is 4.60. The molecule has 3 rings (SSSR count). The van der Waals surface area contributed by atoms with Gasteiger partial charge in [-0.25, -0.2) is 0 Å². The molecule has 1 aromatic rings. The third-order valence-electron chi connectivity index (χ3n) is 3.66. The molecule has 1 aliphatic heterocycles. The summed E-state index contributed by atoms with van der Waals surface area (Å²) in [6.45, 7) is 1.52. The summed E-state index contributed by atoms with van der Waals surface area (Å²) >= 11 is 0. The third-order valence-corrected chi connectivity index (χ3v) is 3.66. The van der Waals surface area contributed by atoms with Gasteiger partial charge in [0.25, 0.3) is 5.91 Å². The van der Waals surface area contributed by atoms with Gasteiger partial charge in [-0.05, 0) is 30.9 Å². The van der Waals surface area contributed by atoms with Crippen LogP contribution in [-0.4, -0.2) is 24.1 Å². The van der Waals surface area contributed by atoms with Crippen LogP contribution in [0.4, 0.5) is 11.4 Å². The number of aliphatic hydroxyl groups is 1. The Hall–Kier alpha value is -1.99. The summed E-state index contributed by atoms with van der Waals surface area (Å²) < 4.78 is 0. The van der Waals surface area contributed by atoms with Gasteiger partial charge in [0.2, 0.25) is 0 Å². The van der Waals surface area contributed by atoms with Crippen LogP contribution in [-0.2, 0) is 4.79 Å². The van der Waals surface area contributed by atoms with Gasteiger partial charge in [0, 0.05) is 23.5 Å². The first-order valence-electron chi connectivity index (χ1n) is 6.50. The van der Waals surface area contributed by atoms with Crippen LogP contribution >= 0.6 is 0 Å². The lowest BCUT2D eigenvalue weighted by molar-refractivity contribution is -0.123. The molecular weight excluding hydrogens is 240 g/mol. The maximum absolute atomic E-state index is 11.4. The number of nitrogens with zero attached hydrogens (tertiary/aromatic N) is 1. The van der Waals surface area contributed by atoms with E-state index in [1.54, 1.807) is 6.07 Å². The van der Waals surface area contributed by atoms with E-state index >= 15 is 0 Å². The van der Waals surface area contributed by atoms with Gasteiger partial charge in [0.15, 0.2) is 6.10 Å². The highest BCUT2D eigenvalue weighted by Gasteiger charge is 2.29. The van der Waals surface area contributed by atoms with Crippen LogP contribution in [0.15, 0.2) is 18.2 Å². The molecule has 0 aromatic heterocycles. The standard InChI is InChI=1S/C15H16N2O2/c1-2-7-17(9-10-3-4-10)11-5-6-12-13(8-11)16-15(19)14(12)18/h1,5-6,8,10,14,18H,3-4,7,9H2,(H,16,19). The third kappa shape index (κ3) is 2.29. The number of amides is 1. The molecule has 1 saturated carbocycles. The number of anilines is 2. The van der Waals surface area contributed by atoms with E-state index in [2.05, 4.69) is 16.1 Å². The van der Waals surface area contributed by atoms with Gasteiger partial charge in [-0.1, -0.05) is 12.0 Å². The van der Waals surface area contributed by atoms with Gasteiger partial charge in [0.1, 0.15) is 0 Å². The predicted molar refractivity (Wildman–Crippen MR) is 73.8 cm³/mol. The van der Waals surface area contributed by atoms with E-state index in [1.165, 1.54) is 12.8 Å². The van der Waals surface area contributed by atoms with Crippen LogP contribution in [0.1, 0.15) is 24.5 Å². The SMILES string of the molecule is C#CCN(CC1CC1)c1ccc2c(c1)NC(=O)C2O. The number of hydrogen-bond donors (Lipinski definition) is 2. The first kappa shape index (κ1) is 12.1. The Morgan fingerprint density at radius 2 is 2.26 bits per heavy atom. The largest absolute Gasteiger partial charge is 0.378 e. The number of rotatable bonds is 4. The van der Waals surface area contributed by atoms with Crippen LogP contribution in [0, 0.1) is 18.3 Å². The number of hydrogen-bond acceptors (Lipinski definition) is 3. The monoisotopic (exact) mass is 256 g/mol. The van der Waals surface area contributed by atoms with E-state index in [0.29, 0.717) is 17.8 Å². The minimum atomic E-state index is -1.05. The zero-order valence-corrected chi connectivity index (χ0v) is 10.6. The van der Waals surface area contributed by atoms with Crippen molar-refractivity contribution in [2.24, 2.45) is 5.92 Å². The van der Waals surface area contributed by atoms with Crippen LogP contribution in [0.3, 0.4) is 0 Å². The molecule has 98 valence electrons. The molecule has 1 aromatic carbocycles. The van der Waals surface area contributed by atoms with Crippen LogP contribution in [0.25, 0.3) is 0 Å². The van der Waals surface area contributed by atoms with Crippen molar-refractivity contribution in [1.82, 2.24) is 0 Å². The molecule has 0 radical (unpaired) electrons. The van der Waals surface area contributed by atoms with E-state index in [-0.39, 0.29) is 5.91 Å². The Kier molecular flexibility index (Phi) is 2.92. The number of fused-ring (bicyclic) bond motifs is 1. The molecule has 1 amide bonds. The van der Waals surface area contributed by atoms with E-state index in [0.717, 1.165) is 18.2 Å². The first-order valence-corrected chi connectivity index (χ1v) is 6.50. The Morgan fingerprint density at radius 3 is 2.95 bits per heavy atom. The van der Waals surface area contributed by atoms with E-state index < -0.39 is 6.10 Å². The van der Waals surface area contributed by atoms with Crippen molar-refractivity contribution >= 4 is 17.3 Å². The van der Waals surface area contributed by atoms with Gasteiger partial charge < -0.3 is 15.3 Å². The van der Waals surface area contributed by atoms with Gasteiger partial charge in [-0.3, -0.25) is 4.79 Å². The molecule has 2 N–H and O–H groups in total. The smallest absolute Gasteiger partial charge is 0.257 e. The van der Waals surface area contributed by atoms with Crippen molar-refractivity contribution in [3.8, 4) is 12.3 Å². The molecule has 1 aliphatic carbocycles. The quantitative estimate of drug-likeness (QED) is 0.803. The highest BCUT2D eigenvalue weighted by molar-refractivity contribution is 6.02. The maximum atomic E-state index is 11.4. The first-order chi connectivity index (χ1) is 9.19. The molecule has 4 heteroatoms. The zero-order valence-electron chi connectivity index (χ0n) is 10.6. The summed E-state index contributed by atoms with van der Waals surface area (Å²) in [7, 11) is 0.